The van der Waals surface area contributed by atoms with Gasteiger partial charge in [-0.05, 0) is 45.4 Å². The predicted molar refractivity (Wildman–Crippen MR) is 105 cm³/mol. The fourth-order valence-corrected chi connectivity index (χ4v) is 4.11. The molecule has 1 unspecified atom stereocenters. The molecule has 0 spiro atoms. The molecule has 1 nitrogen and oxygen atoms in total. The minimum absolute atomic E-state index is 0.116. The number of thioether (sulfide) groups is 1. The van der Waals surface area contributed by atoms with Gasteiger partial charge in [-0.25, -0.2) is 0 Å². The highest BCUT2D eigenvalue weighted by molar-refractivity contribution is 9.10. The van der Waals surface area contributed by atoms with Crippen molar-refractivity contribution >= 4 is 33.5 Å². The smallest absolute Gasteiger partial charge is 0.174 e. The summed E-state index contributed by atoms with van der Waals surface area (Å²) in [7, 11) is 0. The van der Waals surface area contributed by atoms with Crippen LogP contribution in [-0.4, -0.2) is 12.0 Å². The molecule has 0 bridgehead atoms. The second-order valence-electron chi connectivity index (χ2n) is 5.47. The van der Waals surface area contributed by atoms with Crippen LogP contribution < -0.4 is 0 Å². The summed E-state index contributed by atoms with van der Waals surface area (Å²) in [6.45, 7) is 0. The molecule has 0 aliphatic heterocycles. The van der Waals surface area contributed by atoms with Gasteiger partial charge in [-0.2, -0.15) is 0 Å². The van der Waals surface area contributed by atoms with Gasteiger partial charge in [-0.15, -0.1) is 11.8 Å². The van der Waals surface area contributed by atoms with Crippen molar-refractivity contribution in [2.75, 3.05) is 6.26 Å². The lowest BCUT2D eigenvalue weighted by Gasteiger charge is -2.18. The molecule has 0 amide bonds. The largest absolute Gasteiger partial charge is 0.293 e. The standard InChI is InChI=1S/C21H17BrOS/c1-24-19-13-12-17(14-18(19)22)20(15-8-4-2-5-9-15)21(23)16-10-6-3-7-11-16/h2-14,20H,1H3. The maximum Gasteiger partial charge on any atom is 0.174 e. The van der Waals surface area contributed by atoms with E-state index in [1.54, 1.807) is 11.8 Å². The van der Waals surface area contributed by atoms with Crippen LogP contribution in [0, 0.1) is 0 Å². The molecule has 3 rings (SSSR count). The predicted octanol–water partition coefficient (Wildman–Crippen LogP) is 6.19. The van der Waals surface area contributed by atoms with Crippen molar-refractivity contribution in [3.05, 3.63) is 100 Å². The van der Waals surface area contributed by atoms with Gasteiger partial charge in [-0.1, -0.05) is 66.7 Å². The topological polar surface area (TPSA) is 17.1 Å². The number of hydrogen-bond donors (Lipinski definition) is 0. The Kier molecular flexibility index (Phi) is 5.54. The SMILES string of the molecule is CSc1ccc(C(C(=O)c2ccccc2)c2ccccc2)cc1Br. The summed E-state index contributed by atoms with van der Waals surface area (Å²) >= 11 is 5.31. The molecule has 0 saturated carbocycles. The molecular weight excluding hydrogens is 380 g/mol. The zero-order chi connectivity index (χ0) is 16.9. The highest BCUT2D eigenvalue weighted by Crippen LogP contribution is 2.33. The molecule has 0 N–H and O–H groups in total. The van der Waals surface area contributed by atoms with Crippen LogP contribution in [0.1, 0.15) is 27.4 Å². The van der Waals surface area contributed by atoms with Crippen LogP contribution in [-0.2, 0) is 0 Å². The van der Waals surface area contributed by atoms with Crippen LogP contribution in [0.2, 0.25) is 0 Å². The summed E-state index contributed by atoms with van der Waals surface area (Å²) in [5, 5.41) is 0. The second-order valence-corrected chi connectivity index (χ2v) is 7.17. The van der Waals surface area contributed by atoms with Crippen molar-refractivity contribution in [3.63, 3.8) is 0 Å². The van der Waals surface area contributed by atoms with Gasteiger partial charge in [-0.3, -0.25) is 4.79 Å². The van der Waals surface area contributed by atoms with E-state index in [4.69, 9.17) is 0 Å². The summed E-state index contributed by atoms with van der Waals surface area (Å²) in [4.78, 5) is 14.4. The van der Waals surface area contributed by atoms with Crippen LogP contribution >= 0.6 is 27.7 Å². The van der Waals surface area contributed by atoms with Crippen LogP contribution in [0.5, 0.6) is 0 Å². The first kappa shape index (κ1) is 17.0. The normalized spacial score (nSPS) is 11.9. The molecule has 0 aliphatic carbocycles. The summed E-state index contributed by atoms with van der Waals surface area (Å²) in [5.74, 6) is -0.189. The number of ketones is 1. The molecule has 0 heterocycles. The minimum Gasteiger partial charge on any atom is -0.293 e. The van der Waals surface area contributed by atoms with Gasteiger partial charge in [0.1, 0.15) is 0 Å². The van der Waals surface area contributed by atoms with E-state index in [0.717, 1.165) is 26.1 Å². The van der Waals surface area contributed by atoms with Crippen molar-refractivity contribution in [1.82, 2.24) is 0 Å². The first-order chi connectivity index (χ1) is 11.7. The highest BCUT2D eigenvalue weighted by Gasteiger charge is 2.24. The number of Topliss-reactive ketones (excluding diaryl/α,β-unsaturated/α-hetero) is 1. The fraction of sp³-hybridized carbons (Fsp3) is 0.0952. The molecule has 0 saturated heterocycles. The summed E-state index contributed by atoms with van der Waals surface area (Å²) in [5.41, 5.74) is 2.74. The molecule has 3 heteroatoms. The van der Waals surface area contributed by atoms with E-state index in [1.165, 1.54) is 0 Å². The Morgan fingerprint density at radius 1 is 0.875 bits per heavy atom. The van der Waals surface area contributed by atoms with Crippen molar-refractivity contribution in [3.8, 4) is 0 Å². The fourth-order valence-electron chi connectivity index (χ4n) is 2.77. The molecule has 0 aliphatic rings. The van der Waals surface area contributed by atoms with E-state index in [1.807, 2.05) is 66.9 Å². The van der Waals surface area contributed by atoms with Crippen LogP contribution in [0.15, 0.2) is 88.2 Å². The lowest BCUT2D eigenvalue weighted by molar-refractivity contribution is 0.0974. The molecule has 0 aromatic heterocycles. The number of rotatable bonds is 5. The third kappa shape index (κ3) is 3.63. The summed E-state index contributed by atoms with van der Waals surface area (Å²) < 4.78 is 1.02. The molecule has 24 heavy (non-hydrogen) atoms. The first-order valence-electron chi connectivity index (χ1n) is 7.68. The van der Waals surface area contributed by atoms with Gasteiger partial charge in [0.05, 0.1) is 5.92 Å². The number of carbonyl (C=O) groups excluding carboxylic acids is 1. The van der Waals surface area contributed by atoms with Gasteiger partial charge in [0.25, 0.3) is 0 Å². The Morgan fingerprint density at radius 3 is 2.08 bits per heavy atom. The average molecular weight is 397 g/mol. The van der Waals surface area contributed by atoms with Crippen LogP contribution in [0.4, 0.5) is 0 Å². The van der Waals surface area contributed by atoms with Gasteiger partial charge in [0.15, 0.2) is 5.78 Å². The van der Waals surface area contributed by atoms with Crippen molar-refractivity contribution in [2.24, 2.45) is 0 Å². The minimum atomic E-state index is -0.305. The molecule has 3 aromatic rings. The Hall–Kier alpha value is -1.84. The quantitative estimate of drug-likeness (QED) is 0.377. The number of hydrogen-bond acceptors (Lipinski definition) is 2. The van der Waals surface area contributed by atoms with E-state index in [0.29, 0.717) is 0 Å². The van der Waals surface area contributed by atoms with Crippen LogP contribution in [0.25, 0.3) is 0 Å². The van der Waals surface area contributed by atoms with Gasteiger partial charge in [0.2, 0.25) is 0 Å². The Balaban J connectivity index is 2.09. The number of carbonyl (C=O) groups is 1. The zero-order valence-electron chi connectivity index (χ0n) is 13.3. The van der Waals surface area contributed by atoms with E-state index in [2.05, 4.69) is 34.1 Å². The van der Waals surface area contributed by atoms with E-state index < -0.39 is 0 Å². The number of benzene rings is 3. The maximum absolute atomic E-state index is 13.2. The molecule has 1 atom stereocenters. The maximum atomic E-state index is 13.2. The summed E-state index contributed by atoms with van der Waals surface area (Å²) in [6.07, 6.45) is 2.05. The second kappa shape index (κ2) is 7.82. The van der Waals surface area contributed by atoms with E-state index in [-0.39, 0.29) is 11.7 Å². The third-order valence-electron chi connectivity index (χ3n) is 3.96. The molecule has 0 radical (unpaired) electrons. The zero-order valence-corrected chi connectivity index (χ0v) is 15.7. The van der Waals surface area contributed by atoms with Crippen molar-refractivity contribution < 1.29 is 4.79 Å². The third-order valence-corrected chi connectivity index (χ3v) is 5.68. The molecule has 120 valence electrons. The Bertz CT molecular complexity index is 831. The Morgan fingerprint density at radius 2 is 1.50 bits per heavy atom. The molecule has 3 aromatic carbocycles. The van der Waals surface area contributed by atoms with E-state index >= 15 is 0 Å². The molecule has 0 fully saturated rings. The lowest BCUT2D eigenvalue weighted by Crippen LogP contribution is -2.14. The number of halogens is 1. The Labute approximate surface area is 155 Å². The average Bonchev–Trinajstić information content (AvgIpc) is 2.64. The van der Waals surface area contributed by atoms with Gasteiger partial charge >= 0.3 is 0 Å². The van der Waals surface area contributed by atoms with Gasteiger partial charge < -0.3 is 0 Å². The monoisotopic (exact) mass is 396 g/mol. The lowest BCUT2D eigenvalue weighted by atomic mass is 9.85. The van der Waals surface area contributed by atoms with Gasteiger partial charge in [0, 0.05) is 14.9 Å². The van der Waals surface area contributed by atoms with Crippen LogP contribution in [0.3, 0.4) is 0 Å². The van der Waals surface area contributed by atoms with Crippen molar-refractivity contribution in [2.45, 2.75) is 10.8 Å². The molecular formula is C21H17BrOS. The van der Waals surface area contributed by atoms with Crippen molar-refractivity contribution in [1.29, 1.82) is 0 Å². The first-order valence-corrected chi connectivity index (χ1v) is 9.70. The summed E-state index contributed by atoms with van der Waals surface area (Å²) in [6, 6.07) is 25.6. The van der Waals surface area contributed by atoms with E-state index in [9.17, 15) is 4.79 Å². The highest BCUT2D eigenvalue weighted by atomic mass is 79.9.